The molecule has 2 aromatic carbocycles. The lowest BCUT2D eigenvalue weighted by atomic mass is 10.1. The van der Waals surface area contributed by atoms with Gasteiger partial charge < -0.3 is 5.32 Å². The lowest BCUT2D eigenvalue weighted by molar-refractivity contribution is -0.115. The number of thiocarbonyl (C=S) groups is 1. The van der Waals surface area contributed by atoms with Crippen LogP contribution in [0.3, 0.4) is 0 Å². The Hall–Kier alpha value is -2.17. The smallest absolute Gasteiger partial charge is 0.250 e. The highest BCUT2D eigenvalue weighted by Gasteiger charge is 2.05. The molecule has 5 heteroatoms. The molecule has 0 spiro atoms. The second-order valence-corrected chi connectivity index (χ2v) is 5.92. The van der Waals surface area contributed by atoms with Crippen molar-refractivity contribution in [2.75, 3.05) is 5.32 Å². The summed E-state index contributed by atoms with van der Waals surface area (Å²) < 4.78 is 0. The van der Waals surface area contributed by atoms with Gasteiger partial charge in [0.15, 0.2) is 5.11 Å². The molecule has 0 aliphatic heterocycles. The molecule has 0 radical (unpaired) electrons. The van der Waals surface area contributed by atoms with Crippen molar-refractivity contribution in [1.82, 2.24) is 5.32 Å². The molecule has 0 aliphatic rings. The molecule has 0 saturated carbocycles. The van der Waals surface area contributed by atoms with Gasteiger partial charge in [-0.2, -0.15) is 0 Å². The van der Waals surface area contributed by atoms with E-state index < -0.39 is 0 Å². The molecular weight excluding hydrogens is 328 g/mol. The van der Waals surface area contributed by atoms with Gasteiger partial charge in [0.1, 0.15) is 0 Å². The van der Waals surface area contributed by atoms with Crippen molar-refractivity contribution in [3.8, 4) is 0 Å². The molecule has 1 amide bonds. The molecule has 118 valence electrons. The first-order chi connectivity index (χ1) is 11.0. The van der Waals surface area contributed by atoms with Crippen LogP contribution >= 0.6 is 23.8 Å². The van der Waals surface area contributed by atoms with Crippen LogP contribution in [0.15, 0.2) is 48.5 Å². The fourth-order valence-electron chi connectivity index (χ4n) is 1.94. The van der Waals surface area contributed by atoms with Gasteiger partial charge in [0.05, 0.1) is 0 Å². The standard InChI is InChI=1S/C18H17ClN2OS/c1-12-4-3-5-16(13(12)2)20-18(23)21-17(22)11-8-14-6-9-15(19)10-7-14/h3-11H,1-2H3,(H2,20,21,22,23)/b11-8+. The Labute approximate surface area is 146 Å². The monoisotopic (exact) mass is 344 g/mol. The fourth-order valence-corrected chi connectivity index (χ4v) is 2.28. The van der Waals surface area contributed by atoms with Crippen molar-refractivity contribution in [2.24, 2.45) is 0 Å². The van der Waals surface area contributed by atoms with E-state index in [4.69, 9.17) is 23.8 Å². The number of halogens is 1. The third kappa shape index (κ3) is 5.20. The van der Waals surface area contributed by atoms with Crippen LogP contribution in [0, 0.1) is 13.8 Å². The topological polar surface area (TPSA) is 41.1 Å². The highest BCUT2D eigenvalue weighted by atomic mass is 35.5. The summed E-state index contributed by atoms with van der Waals surface area (Å²) >= 11 is 11.0. The predicted molar refractivity (Wildman–Crippen MR) is 101 cm³/mol. The Morgan fingerprint density at radius 2 is 1.83 bits per heavy atom. The van der Waals surface area contributed by atoms with E-state index in [9.17, 15) is 4.79 Å². The zero-order valence-corrected chi connectivity index (χ0v) is 14.5. The van der Waals surface area contributed by atoms with E-state index >= 15 is 0 Å². The van der Waals surface area contributed by atoms with Gasteiger partial charge in [-0.25, -0.2) is 0 Å². The summed E-state index contributed by atoms with van der Waals surface area (Å²) in [6.45, 7) is 4.03. The molecule has 2 aromatic rings. The first-order valence-electron chi connectivity index (χ1n) is 7.07. The molecule has 0 unspecified atom stereocenters. The largest absolute Gasteiger partial charge is 0.332 e. The highest BCUT2D eigenvalue weighted by molar-refractivity contribution is 7.80. The summed E-state index contributed by atoms with van der Waals surface area (Å²) in [5, 5.41) is 6.59. The predicted octanol–water partition coefficient (Wildman–Crippen LogP) is 4.48. The first-order valence-corrected chi connectivity index (χ1v) is 7.86. The van der Waals surface area contributed by atoms with E-state index in [0.717, 1.165) is 22.4 Å². The number of hydrogen-bond acceptors (Lipinski definition) is 2. The van der Waals surface area contributed by atoms with Gasteiger partial charge in [0, 0.05) is 16.8 Å². The summed E-state index contributed by atoms with van der Waals surface area (Å²) in [7, 11) is 0. The van der Waals surface area contributed by atoms with Crippen LogP contribution in [0.25, 0.3) is 6.08 Å². The van der Waals surface area contributed by atoms with Crippen molar-refractivity contribution in [1.29, 1.82) is 0 Å². The molecule has 0 atom stereocenters. The van der Waals surface area contributed by atoms with Crippen LogP contribution in [-0.4, -0.2) is 11.0 Å². The van der Waals surface area contributed by atoms with Gasteiger partial charge in [0.25, 0.3) is 0 Å². The molecule has 2 N–H and O–H groups in total. The number of hydrogen-bond donors (Lipinski definition) is 2. The van der Waals surface area contributed by atoms with Gasteiger partial charge in [-0.3, -0.25) is 10.1 Å². The van der Waals surface area contributed by atoms with Crippen LogP contribution in [0.1, 0.15) is 16.7 Å². The average Bonchev–Trinajstić information content (AvgIpc) is 2.51. The number of nitrogens with one attached hydrogen (secondary N) is 2. The number of aryl methyl sites for hydroxylation is 1. The minimum absolute atomic E-state index is 0.268. The maximum atomic E-state index is 11.9. The van der Waals surface area contributed by atoms with Crippen molar-refractivity contribution in [3.63, 3.8) is 0 Å². The van der Waals surface area contributed by atoms with Gasteiger partial charge in [-0.05, 0) is 67.0 Å². The van der Waals surface area contributed by atoms with E-state index in [1.54, 1.807) is 18.2 Å². The molecule has 0 fully saturated rings. The summed E-state index contributed by atoms with van der Waals surface area (Å²) in [4.78, 5) is 11.9. The molecule has 2 rings (SSSR count). The van der Waals surface area contributed by atoms with Crippen LogP contribution in [0.5, 0.6) is 0 Å². The zero-order chi connectivity index (χ0) is 16.8. The van der Waals surface area contributed by atoms with E-state index in [0.29, 0.717) is 5.02 Å². The molecule has 0 heterocycles. The van der Waals surface area contributed by atoms with Crippen LogP contribution in [0.2, 0.25) is 5.02 Å². The van der Waals surface area contributed by atoms with Gasteiger partial charge in [-0.1, -0.05) is 35.9 Å². The van der Waals surface area contributed by atoms with Gasteiger partial charge in [0.2, 0.25) is 5.91 Å². The van der Waals surface area contributed by atoms with Crippen molar-refractivity contribution >= 4 is 46.6 Å². The van der Waals surface area contributed by atoms with Crippen LogP contribution in [-0.2, 0) is 4.79 Å². The number of carbonyl (C=O) groups excluding carboxylic acids is 1. The maximum Gasteiger partial charge on any atom is 0.250 e. The van der Waals surface area contributed by atoms with Gasteiger partial charge >= 0.3 is 0 Å². The van der Waals surface area contributed by atoms with E-state index in [1.165, 1.54) is 6.08 Å². The summed E-state index contributed by atoms with van der Waals surface area (Å²) in [5.74, 6) is -0.289. The van der Waals surface area contributed by atoms with Crippen LogP contribution < -0.4 is 10.6 Å². The average molecular weight is 345 g/mol. The Morgan fingerprint density at radius 3 is 2.52 bits per heavy atom. The Morgan fingerprint density at radius 1 is 1.13 bits per heavy atom. The van der Waals surface area contributed by atoms with Crippen molar-refractivity contribution < 1.29 is 4.79 Å². The maximum absolute atomic E-state index is 11.9. The minimum Gasteiger partial charge on any atom is -0.332 e. The minimum atomic E-state index is -0.289. The van der Waals surface area contributed by atoms with Crippen molar-refractivity contribution in [3.05, 3.63) is 70.3 Å². The fraction of sp³-hybridized carbons (Fsp3) is 0.111. The number of benzene rings is 2. The third-order valence-electron chi connectivity index (χ3n) is 3.39. The number of rotatable bonds is 3. The molecule has 0 saturated heterocycles. The van der Waals surface area contributed by atoms with Gasteiger partial charge in [-0.15, -0.1) is 0 Å². The highest BCUT2D eigenvalue weighted by Crippen LogP contribution is 2.17. The molecule has 23 heavy (non-hydrogen) atoms. The second kappa shape index (κ2) is 7.90. The molecule has 0 aromatic heterocycles. The molecule has 0 bridgehead atoms. The van der Waals surface area contributed by atoms with E-state index in [-0.39, 0.29) is 11.0 Å². The Balaban J connectivity index is 1.93. The lowest BCUT2D eigenvalue weighted by Crippen LogP contribution is -2.33. The SMILES string of the molecule is Cc1cccc(NC(=S)NC(=O)/C=C/c2ccc(Cl)cc2)c1C. The van der Waals surface area contributed by atoms with Crippen LogP contribution in [0.4, 0.5) is 5.69 Å². The summed E-state index contributed by atoms with van der Waals surface area (Å²) in [6.07, 6.45) is 3.13. The molecular formula is C18H17ClN2OS. The molecule has 0 aliphatic carbocycles. The summed E-state index contributed by atoms with van der Waals surface area (Å²) in [5.41, 5.74) is 4.03. The first kappa shape index (κ1) is 17.2. The van der Waals surface area contributed by atoms with E-state index in [2.05, 4.69) is 10.6 Å². The Kier molecular flexibility index (Phi) is 5.90. The molecule has 3 nitrogen and oxygen atoms in total. The van der Waals surface area contributed by atoms with E-state index in [1.807, 2.05) is 44.2 Å². The number of amides is 1. The number of anilines is 1. The third-order valence-corrected chi connectivity index (χ3v) is 3.84. The quantitative estimate of drug-likeness (QED) is 0.637. The zero-order valence-electron chi connectivity index (χ0n) is 12.9. The lowest BCUT2D eigenvalue weighted by Gasteiger charge is -2.12. The van der Waals surface area contributed by atoms with Crippen molar-refractivity contribution in [2.45, 2.75) is 13.8 Å². The summed E-state index contributed by atoms with van der Waals surface area (Å²) in [6, 6.07) is 13.1. The normalized spacial score (nSPS) is 10.6. The second-order valence-electron chi connectivity index (χ2n) is 5.08. The number of carbonyl (C=O) groups is 1. The Bertz CT molecular complexity index is 754.